The second-order valence-corrected chi connectivity index (χ2v) is 9.54. The summed E-state index contributed by atoms with van der Waals surface area (Å²) >= 11 is 0. The molecule has 34 heavy (non-hydrogen) atoms. The van der Waals surface area contributed by atoms with Crippen LogP contribution in [-0.2, 0) is 6.54 Å². The highest BCUT2D eigenvalue weighted by atomic mass is 16.3. The lowest BCUT2D eigenvalue weighted by atomic mass is 9.99. The van der Waals surface area contributed by atoms with Gasteiger partial charge in [-0.2, -0.15) is 5.26 Å². The number of aliphatic hydroxyl groups excluding tert-OH is 1. The lowest BCUT2D eigenvalue weighted by Gasteiger charge is -2.44. The number of hydrogen-bond acceptors (Lipinski definition) is 7. The molecule has 0 aliphatic carbocycles. The van der Waals surface area contributed by atoms with Gasteiger partial charge in [0.05, 0.1) is 23.8 Å². The quantitative estimate of drug-likeness (QED) is 0.613. The minimum atomic E-state index is -0.348. The van der Waals surface area contributed by atoms with Crippen molar-refractivity contribution >= 4 is 23.7 Å². The summed E-state index contributed by atoms with van der Waals surface area (Å²) < 4.78 is 0. The predicted molar refractivity (Wildman–Crippen MR) is 136 cm³/mol. The number of benzene rings is 2. The van der Waals surface area contributed by atoms with Gasteiger partial charge in [-0.3, -0.25) is 4.90 Å². The van der Waals surface area contributed by atoms with Gasteiger partial charge in [-0.15, -0.1) is 0 Å². The summed E-state index contributed by atoms with van der Waals surface area (Å²) in [6.07, 6.45) is 4.55. The van der Waals surface area contributed by atoms with Gasteiger partial charge in [-0.1, -0.05) is 12.1 Å². The van der Waals surface area contributed by atoms with Crippen LogP contribution in [0.25, 0.3) is 6.08 Å². The van der Waals surface area contributed by atoms with Gasteiger partial charge in [0.25, 0.3) is 0 Å². The fourth-order valence-electron chi connectivity index (χ4n) is 5.63. The molecule has 3 N–H and O–H groups in total. The average molecular weight is 457 g/mol. The number of nitrogens with one attached hydrogen (secondary N) is 2. The monoisotopic (exact) mass is 456 g/mol. The molecule has 3 heterocycles. The molecule has 0 saturated carbocycles. The predicted octanol–water partition coefficient (Wildman–Crippen LogP) is 2.76. The number of hydrogen-bond donors (Lipinski definition) is 3. The van der Waals surface area contributed by atoms with Crippen LogP contribution in [-0.4, -0.2) is 67.6 Å². The summed E-state index contributed by atoms with van der Waals surface area (Å²) in [6, 6.07) is 15.6. The second-order valence-electron chi connectivity index (χ2n) is 9.54. The minimum absolute atomic E-state index is 0.319. The molecule has 7 heteroatoms. The van der Waals surface area contributed by atoms with E-state index in [0.29, 0.717) is 30.7 Å². The normalized spacial score (nSPS) is 25.0. The first kappa shape index (κ1) is 22.6. The van der Waals surface area contributed by atoms with E-state index in [9.17, 15) is 10.4 Å². The minimum Gasteiger partial charge on any atom is -0.390 e. The Kier molecular flexibility index (Phi) is 6.38. The fourth-order valence-corrected chi connectivity index (χ4v) is 5.63. The molecule has 0 bridgehead atoms. The Balaban J connectivity index is 1.42. The van der Waals surface area contributed by atoms with E-state index >= 15 is 0 Å². The maximum absolute atomic E-state index is 10.2. The van der Waals surface area contributed by atoms with Gasteiger partial charge in [0, 0.05) is 69.4 Å². The van der Waals surface area contributed by atoms with E-state index in [1.54, 1.807) is 6.08 Å². The molecular weight excluding hydrogens is 424 g/mol. The van der Waals surface area contributed by atoms with Crippen LogP contribution < -0.4 is 15.1 Å². The number of nitrogens with zero attached hydrogens (tertiary/aromatic N) is 4. The first-order valence-electron chi connectivity index (χ1n) is 12.1. The molecule has 0 radical (unpaired) electrons. The summed E-state index contributed by atoms with van der Waals surface area (Å²) in [5, 5.41) is 30.2. The summed E-state index contributed by atoms with van der Waals surface area (Å²) in [5.74, 6) is 0. The summed E-state index contributed by atoms with van der Waals surface area (Å²) in [5.41, 5.74) is 6.68. The first-order valence-corrected chi connectivity index (χ1v) is 12.1. The molecule has 2 fully saturated rings. The van der Waals surface area contributed by atoms with Crippen LogP contribution in [0, 0.1) is 16.7 Å². The summed E-state index contributed by atoms with van der Waals surface area (Å²) in [4.78, 5) is 7.31. The van der Waals surface area contributed by atoms with Gasteiger partial charge in [0.1, 0.15) is 0 Å². The largest absolute Gasteiger partial charge is 0.390 e. The molecule has 0 spiro atoms. The molecular formula is C27H32N6O. The SMILES string of the molecule is C[C@@H]1CN(c2ccc(C#N)cc2/C=C\C=N)C[C@@H]2c3ccc(N4CCNC[C@H](O)C4)cc3CN12. The Morgan fingerprint density at radius 3 is 2.85 bits per heavy atom. The van der Waals surface area contributed by atoms with Crippen molar-refractivity contribution in [3.63, 3.8) is 0 Å². The zero-order chi connectivity index (χ0) is 23.7. The summed E-state index contributed by atoms with van der Waals surface area (Å²) in [7, 11) is 0. The van der Waals surface area contributed by atoms with E-state index in [1.165, 1.54) is 23.0 Å². The average Bonchev–Trinajstić information content (AvgIpc) is 3.08. The van der Waals surface area contributed by atoms with Crippen LogP contribution in [0.2, 0.25) is 0 Å². The highest BCUT2D eigenvalue weighted by molar-refractivity contribution is 5.80. The second kappa shape index (κ2) is 9.59. The van der Waals surface area contributed by atoms with Crippen molar-refractivity contribution in [2.75, 3.05) is 49.1 Å². The van der Waals surface area contributed by atoms with Crippen LogP contribution in [0.15, 0.2) is 42.5 Å². The molecule has 0 aromatic heterocycles. The zero-order valence-electron chi connectivity index (χ0n) is 19.6. The lowest BCUT2D eigenvalue weighted by molar-refractivity contribution is 0.134. The molecule has 3 atom stereocenters. The standard InChI is InChI=1S/C27H32N6O/c1-19-15-32(26-7-4-20(13-29)11-21(26)3-2-8-28)18-27-25-6-5-23(12-22(25)16-33(19)27)31-10-9-30-14-24(34)17-31/h2-8,11-12,19,24,27-28,30,34H,9-10,14-18H2,1H3/b3-2-,28-8?/t19-,24+,27-/m1/s1. The lowest BCUT2D eigenvalue weighted by Crippen LogP contribution is -2.51. The van der Waals surface area contributed by atoms with Crippen molar-refractivity contribution in [1.29, 1.82) is 10.7 Å². The van der Waals surface area contributed by atoms with Crippen LogP contribution in [0.1, 0.15) is 35.2 Å². The van der Waals surface area contributed by atoms with E-state index in [2.05, 4.69) is 51.2 Å². The number of nitriles is 1. The van der Waals surface area contributed by atoms with E-state index in [0.717, 1.165) is 44.0 Å². The van der Waals surface area contributed by atoms with Crippen LogP contribution in [0.5, 0.6) is 0 Å². The third-order valence-corrected chi connectivity index (χ3v) is 7.29. The van der Waals surface area contributed by atoms with E-state index in [1.807, 2.05) is 24.3 Å². The molecule has 2 aromatic rings. The Bertz CT molecular complexity index is 1140. The molecule has 0 unspecified atom stereocenters. The highest BCUT2D eigenvalue weighted by Gasteiger charge is 2.39. The maximum atomic E-state index is 10.2. The van der Waals surface area contributed by atoms with E-state index < -0.39 is 0 Å². The smallest absolute Gasteiger partial charge is 0.0991 e. The number of anilines is 2. The molecule has 2 aromatic carbocycles. The van der Waals surface area contributed by atoms with E-state index in [-0.39, 0.29) is 6.10 Å². The Labute approximate surface area is 201 Å². The van der Waals surface area contributed by atoms with Crippen molar-refractivity contribution < 1.29 is 5.11 Å². The van der Waals surface area contributed by atoms with Crippen LogP contribution in [0.4, 0.5) is 11.4 Å². The summed E-state index contributed by atoms with van der Waals surface area (Å²) in [6.45, 7) is 8.14. The number of aliphatic hydroxyl groups is 1. The topological polar surface area (TPSA) is 89.6 Å². The molecule has 3 aliphatic rings. The molecule has 176 valence electrons. The van der Waals surface area contributed by atoms with Crippen molar-refractivity contribution in [3.8, 4) is 6.07 Å². The van der Waals surface area contributed by atoms with Crippen molar-refractivity contribution in [2.45, 2.75) is 31.7 Å². The van der Waals surface area contributed by atoms with E-state index in [4.69, 9.17) is 5.41 Å². The van der Waals surface area contributed by atoms with Gasteiger partial charge < -0.3 is 25.6 Å². The van der Waals surface area contributed by atoms with Gasteiger partial charge in [0.2, 0.25) is 0 Å². The Morgan fingerprint density at radius 1 is 1.15 bits per heavy atom. The number of allylic oxidation sites excluding steroid dienone is 1. The Hall–Kier alpha value is -3.18. The third kappa shape index (κ3) is 4.32. The van der Waals surface area contributed by atoms with Crippen LogP contribution >= 0.6 is 0 Å². The molecule has 2 saturated heterocycles. The van der Waals surface area contributed by atoms with Crippen LogP contribution in [0.3, 0.4) is 0 Å². The molecule has 0 amide bonds. The fraction of sp³-hybridized carbons (Fsp3) is 0.407. The van der Waals surface area contributed by atoms with Gasteiger partial charge in [-0.05, 0) is 60.0 Å². The van der Waals surface area contributed by atoms with Crippen molar-refractivity contribution in [1.82, 2.24) is 10.2 Å². The first-order chi connectivity index (χ1) is 16.6. The number of β-amino-alcohol motifs (C(OH)–C–C–N with tert-alkyl or cyclic N) is 1. The van der Waals surface area contributed by atoms with Gasteiger partial charge >= 0.3 is 0 Å². The molecule has 3 aliphatic heterocycles. The van der Waals surface area contributed by atoms with Crippen molar-refractivity contribution in [2.24, 2.45) is 0 Å². The number of fused-ring (bicyclic) bond motifs is 3. The molecule has 7 nitrogen and oxygen atoms in total. The van der Waals surface area contributed by atoms with Crippen molar-refractivity contribution in [3.05, 3.63) is 64.7 Å². The number of piperazine rings is 1. The third-order valence-electron chi connectivity index (χ3n) is 7.29. The maximum Gasteiger partial charge on any atom is 0.0991 e. The zero-order valence-corrected chi connectivity index (χ0v) is 19.6. The van der Waals surface area contributed by atoms with Gasteiger partial charge in [0.15, 0.2) is 0 Å². The van der Waals surface area contributed by atoms with Gasteiger partial charge in [-0.25, -0.2) is 0 Å². The highest BCUT2D eigenvalue weighted by Crippen LogP contribution is 2.41. The molecule has 5 rings (SSSR count). The Morgan fingerprint density at radius 2 is 2.03 bits per heavy atom. The number of rotatable bonds is 4.